The fraction of sp³-hybridized carbons (Fsp3) is 0.900. The molecular formula is C10H17FO. The molecule has 0 aromatic carbocycles. The monoisotopic (exact) mass is 172 g/mol. The van der Waals surface area contributed by atoms with Crippen molar-refractivity contribution in [2.45, 2.75) is 44.9 Å². The summed E-state index contributed by atoms with van der Waals surface area (Å²) in [5.41, 5.74) is 0. The quantitative estimate of drug-likeness (QED) is 0.583. The maximum Gasteiger partial charge on any atom is 0.135 e. The molecule has 0 aromatic heterocycles. The van der Waals surface area contributed by atoms with Crippen LogP contribution < -0.4 is 0 Å². The Morgan fingerprint density at radius 1 is 1.25 bits per heavy atom. The van der Waals surface area contributed by atoms with Gasteiger partial charge < -0.3 is 0 Å². The summed E-state index contributed by atoms with van der Waals surface area (Å²) in [5.74, 6) is 0.700. The molecule has 12 heavy (non-hydrogen) atoms. The number of carbonyl (C=O) groups excluding carboxylic acids is 1. The summed E-state index contributed by atoms with van der Waals surface area (Å²) in [5, 5.41) is 0. The van der Waals surface area contributed by atoms with E-state index in [9.17, 15) is 9.18 Å². The summed E-state index contributed by atoms with van der Waals surface area (Å²) < 4.78 is 11.7. The van der Waals surface area contributed by atoms with Crippen LogP contribution in [-0.4, -0.2) is 12.5 Å². The topological polar surface area (TPSA) is 17.1 Å². The molecule has 1 aliphatic carbocycles. The van der Waals surface area contributed by atoms with E-state index in [1.807, 2.05) is 0 Å². The molecule has 1 saturated carbocycles. The van der Waals surface area contributed by atoms with Crippen LogP contribution >= 0.6 is 0 Å². The van der Waals surface area contributed by atoms with Gasteiger partial charge in [-0.05, 0) is 25.7 Å². The van der Waals surface area contributed by atoms with Crippen molar-refractivity contribution in [1.82, 2.24) is 0 Å². The third-order valence-corrected chi connectivity index (χ3v) is 2.62. The molecule has 0 aliphatic heterocycles. The van der Waals surface area contributed by atoms with Crippen molar-refractivity contribution in [2.24, 2.45) is 5.92 Å². The van der Waals surface area contributed by atoms with Gasteiger partial charge in [0.2, 0.25) is 0 Å². The van der Waals surface area contributed by atoms with E-state index in [1.54, 1.807) is 0 Å². The molecule has 0 saturated heterocycles. The SMILES string of the molecule is O=C(CCCCF)C1CCCC1. The average molecular weight is 172 g/mol. The predicted molar refractivity (Wildman–Crippen MR) is 46.8 cm³/mol. The Bertz CT molecular complexity index is 139. The van der Waals surface area contributed by atoms with Crippen molar-refractivity contribution in [2.75, 3.05) is 6.67 Å². The van der Waals surface area contributed by atoms with Crippen LogP contribution in [0.4, 0.5) is 4.39 Å². The molecule has 0 spiro atoms. The first-order valence-corrected chi connectivity index (χ1v) is 4.93. The molecule has 1 fully saturated rings. The van der Waals surface area contributed by atoms with E-state index in [0.29, 0.717) is 24.5 Å². The largest absolute Gasteiger partial charge is 0.299 e. The Morgan fingerprint density at radius 3 is 2.50 bits per heavy atom. The highest BCUT2D eigenvalue weighted by atomic mass is 19.1. The van der Waals surface area contributed by atoms with Crippen LogP contribution in [0.15, 0.2) is 0 Å². The standard InChI is InChI=1S/C10H17FO/c11-8-4-3-7-10(12)9-5-1-2-6-9/h9H,1-8H2. The lowest BCUT2D eigenvalue weighted by molar-refractivity contribution is -0.122. The Morgan fingerprint density at radius 2 is 1.92 bits per heavy atom. The van der Waals surface area contributed by atoms with Crippen LogP contribution in [0, 0.1) is 5.92 Å². The molecule has 0 radical (unpaired) electrons. The summed E-state index contributed by atoms with van der Waals surface area (Å²) in [4.78, 5) is 11.4. The maximum atomic E-state index is 11.7. The molecule has 0 atom stereocenters. The average Bonchev–Trinajstić information content (AvgIpc) is 2.56. The Labute approximate surface area is 73.3 Å². The highest BCUT2D eigenvalue weighted by molar-refractivity contribution is 5.81. The van der Waals surface area contributed by atoms with Crippen LogP contribution in [-0.2, 0) is 4.79 Å². The van der Waals surface area contributed by atoms with Crippen LogP contribution in [0.5, 0.6) is 0 Å². The third-order valence-electron chi connectivity index (χ3n) is 2.62. The first-order valence-electron chi connectivity index (χ1n) is 4.93. The van der Waals surface area contributed by atoms with E-state index >= 15 is 0 Å². The molecule has 0 bridgehead atoms. The van der Waals surface area contributed by atoms with Gasteiger partial charge in [0.25, 0.3) is 0 Å². The van der Waals surface area contributed by atoms with E-state index < -0.39 is 0 Å². The molecule has 1 nitrogen and oxygen atoms in total. The molecule has 0 heterocycles. The number of Topliss-reactive ketones (excluding diaryl/α,β-unsaturated/α-hetero) is 1. The van der Waals surface area contributed by atoms with Gasteiger partial charge in [-0.3, -0.25) is 9.18 Å². The van der Waals surface area contributed by atoms with Crippen molar-refractivity contribution in [3.63, 3.8) is 0 Å². The smallest absolute Gasteiger partial charge is 0.135 e. The third kappa shape index (κ3) is 2.92. The molecule has 0 N–H and O–H groups in total. The molecule has 2 heteroatoms. The lowest BCUT2D eigenvalue weighted by atomic mass is 9.98. The second-order valence-corrected chi connectivity index (χ2v) is 3.59. The Kier molecular flexibility index (Phi) is 4.26. The number of unbranched alkanes of at least 4 members (excludes halogenated alkanes) is 1. The Hall–Kier alpha value is -0.400. The van der Waals surface area contributed by atoms with Crippen molar-refractivity contribution >= 4 is 5.78 Å². The summed E-state index contributed by atoms with van der Waals surface area (Å²) in [6, 6.07) is 0. The van der Waals surface area contributed by atoms with Gasteiger partial charge in [-0.2, -0.15) is 0 Å². The minimum Gasteiger partial charge on any atom is -0.299 e. The van der Waals surface area contributed by atoms with E-state index in [2.05, 4.69) is 0 Å². The van der Waals surface area contributed by atoms with Crippen molar-refractivity contribution in [3.05, 3.63) is 0 Å². The lowest BCUT2D eigenvalue weighted by Gasteiger charge is -2.05. The van der Waals surface area contributed by atoms with Gasteiger partial charge in [0.1, 0.15) is 5.78 Å². The zero-order valence-corrected chi connectivity index (χ0v) is 7.52. The first-order chi connectivity index (χ1) is 5.84. The minimum absolute atomic E-state index is 0.280. The summed E-state index contributed by atoms with van der Waals surface area (Å²) in [7, 11) is 0. The maximum absolute atomic E-state index is 11.7. The molecule has 1 rings (SSSR count). The fourth-order valence-electron chi connectivity index (χ4n) is 1.85. The number of rotatable bonds is 5. The predicted octanol–water partition coefficient (Wildman–Crippen LogP) is 2.89. The van der Waals surface area contributed by atoms with Crippen LogP contribution in [0.1, 0.15) is 44.9 Å². The fourth-order valence-corrected chi connectivity index (χ4v) is 1.85. The van der Waals surface area contributed by atoms with Crippen molar-refractivity contribution < 1.29 is 9.18 Å². The van der Waals surface area contributed by atoms with Crippen LogP contribution in [0.25, 0.3) is 0 Å². The van der Waals surface area contributed by atoms with Gasteiger partial charge in [0, 0.05) is 12.3 Å². The highest BCUT2D eigenvalue weighted by Gasteiger charge is 2.21. The first kappa shape index (κ1) is 9.69. The number of ketones is 1. The normalized spacial score (nSPS) is 18.4. The molecule has 70 valence electrons. The summed E-state index contributed by atoms with van der Waals surface area (Å²) >= 11 is 0. The van der Waals surface area contributed by atoms with Gasteiger partial charge in [0.15, 0.2) is 0 Å². The van der Waals surface area contributed by atoms with E-state index in [-0.39, 0.29) is 6.67 Å². The second-order valence-electron chi connectivity index (χ2n) is 3.59. The molecule has 0 aromatic rings. The zero-order chi connectivity index (χ0) is 8.81. The summed E-state index contributed by atoms with van der Waals surface area (Å²) in [6.45, 7) is -0.280. The summed E-state index contributed by atoms with van der Waals surface area (Å²) in [6.07, 6.45) is 6.47. The number of halogens is 1. The van der Waals surface area contributed by atoms with Gasteiger partial charge in [-0.25, -0.2) is 0 Å². The highest BCUT2D eigenvalue weighted by Crippen LogP contribution is 2.26. The van der Waals surface area contributed by atoms with Crippen LogP contribution in [0.2, 0.25) is 0 Å². The van der Waals surface area contributed by atoms with Crippen LogP contribution in [0.3, 0.4) is 0 Å². The molecule has 0 unspecified atom stereocenters. The molecular weight excluding hydrogens is 155 g/mol. The number of hydrogen-bond donors (Lipinski definition) is 0. The second kappa shape index (κ2) is 5.28. The van der Waals surface area contributed by atoms with Gasteiger partial charge in [0.05, 0.1) is 6.67 Å². The molecule has 1 aliphatic rings. The zero-order valence-electron chi connectivity index (χ0n) is 7.52. The minimum atomic E-state index is -0.280. The van der Waals surface area contributed by atoms with Gasteiger partial charge >= 0.3 is 0 Å². The van der Waals surface area contributed by atoms with E-state index in [4.69, 9.17) is 0 Å². The number of hydrogen-bond acceptors (Lipinski definition) is 1. The molecule has 0 amide bonds. The number of alkyl halides is 1. The van der Waals surface area contributed by atoms with Gasteiger partial charge in [-0.1, -0.05) is 12.8 Å². The van der Waals surface area contributed by atoms with Gasteiger partial charge in [-0.15, -0.1) is 0 Å². The van der Waals surface area contributed by atoms with Crippen molar-refractivity contribution in [1.29, 1.82) is 0 Å². The van der Waals surface area contributed by atoms with Crippen molar-refractivity contribution in [3.8, 4) is 0 Å². The lowest BCUT2D eigenvalue weighted by Crippen LogP contribution is -2.10. The van der Waals surface area contributed by atoms with E-state index in [0.717, 1.165) is 19.3 Å². The number of carbonyl (C=O) groups is 1. The Balaban J connectivity index is 2.10. The van der Waals surface area contributed by atoms with E-state index in [1.165, 1.54) is 12.8 Å².